The Morgan fingerprint density at radius 2 is 2.07 bits per heavy atom. The van der Waals surface area contributed by atoms with E-state index in [0.29, 0.717) is 0 Å². The Balaban J connectivity index is 2.74. The molecule has 1 aromatic carbocycles. The number of carbonyl (C=O) groups excluding carboxylic acids is 1. The van der Waals surface area contributed by atoms with E-state index >= 15 is 0 Å². The van der Waals surface area contributed by atoms with Gasteiger partial charge in [0.2, 0.25) is 0 Å². The van der Waals surface area contributed by atoms with Crippen LogP contribution in [0.25, 0.3) is 0 Å². The number of nitrogens with zero attached hydrogens (tertiary/aromatic N) is 1. The number of aryl methyl sites for hydroxylation is 1. The van der Waals surface area contributed by atoms with Gasteiger partial charge in [0.05, 0.1) is 7.11 Å². The molecule has 0 aliphatic carbocycles. The summed E-state index contributed by atoms with van der Waals surface area (Å²) in [5, 5.41) is 0. The maximum Gasteiger partial charge on any atom is 0.325 e. The van der Waals surface area contributed by atoms with E-state index < -0.39 is 0 Å². The van der Waals surface area contributed by atoms with E-state index in [9.17, 15) is 4.79 Å². The molecular formula is C11H15NO2. The lowest BCUT2D eigenvalue weighted by atomic mass is 10.2. The minimum Gasteiger partial charge on any atom is -0.468 e. The Labute approximate surface area is 84.3 Å². The molecule has 1 rings (SSSR count). The Morgan fingerprint density at radius 3 is 2.64 bits per heavy atom. The molecule has 0 bridgehead atoms. The molecule has 3 nitrogen and oxygen atoms in total. The van der Waals surface area contributed by atoms with E-state index in [1.807, 2.05) is 43.1 Å². The zero-order chi connectivity index (χ0) is 10.6. The number of benzene rings is 1. The van der Waals surface area contributed by atoms with Crippen LogP contribution in [-0.4, -0.2) is 26.7 Å². The quantitative estimate of drug-likeness (QED) is 0.683. The molecule has 0 aliphatic rings. The smallest absolute Gasteiger partial charge is 0.325 e. The van der Waals surface area contributed by atoms with Crippen LogP contribution in [0.15, 0.2) is 24.3 Å². The molecule has 76 valence electrons. The van der Waals surface area contributed by atoms with Crippen LogP contribution < -0.4 is 4.90 Å². The van der Waals surface area contributed by atoms with Gasteiger partial charge in [-0.05, 0) is 18.6 Å². The molecule has 0 amide bonds. The Kier molecular flexibility index (Phi) is 3.51. The van der Waals surface area contributed by atoms with Gasteiger partial charge in [-0.15, -0.1) is 0 Å². The predicted molar refractivity (Wildman–Crippen MR) is 56.5 cm³/mol. The Morgan fingerprint density at radius 1 is 1.43 bits per heavy atom. The number of hydrogen-bond donors (Lipinski definition) is 0. The summed E-state index contributed by atoms with van der Waals surface area (Å²) in [7, 11) is 3.27. The molecule has 0 spiro atoms. The van der Waals surface area contributed by atoms with E-state index in [1.165, 1.54) is 7.11 Å². The van der Waals surface area contributed by atoms with Crippen molar-refractivity contribution in [2.24, 2.45) is 0 Å². The summed E-state index contributed by atoms with van der Waals surface area (Å²) in [6, 6.07) is 7.93. The van der Waals surface area contributed by atoms with Crippen molar-refractivity contribution in [2.45, 2.75) is 6.92 Å². The number of carbonyl (C=O) groups is 1. The van der Waals surface area contributed by atoms with Gasteiger partial charge in [0, 0.05) is 12.7 Å². The van der Waals surface area contributed by atoms with Gasteiger partial charge >= 0.3 is 5.97 Å². The topological polar surface area (TPSA) is 29.5 Å². The van der Waals surface area contributed by atoms with Crippen molar-refractivity contribution < 1.29 is 9.53 Å². The van der Waals surface area contributed by atoms with Gasteiger partial charge in [0.15, 0.2) is 0 Å². The van der Waals surface area contributed by atoms with Crippen LogP contribution in [0.3, 0.4) is 0 Å². The number of esters is 1. The van der Waals surface area contributed by atoms with Crippen LogP contribution in [0, 0.1) is 6.92 Å². The van der Waals surface area contributed by atoms with Crippen LogP contribution in [0.5, 0.6) is 0 Å². The Hall–Kier alpha value is -1.51. The normalized spacial score (nSPS) is 9.64. The molecule has 0 N–H and O–H groups in total. The highest BCUT2D eigenvalue weighted by atomic mass is 16.5. The van der Waals surface area contributed by atoms with Gasteiger partial charge in [-0.25, -0.2) is 0 Å². The molecule has 0 unspecified atom stereocenters. The second kappa shape index (κ2) is 4.65. The summed E-state index contributed by atoms with van der Waals surface area (Å²) in [4.78, 5) is 12.9. The molecule has 3 heteroatoms. The first-order chi connectivity index (χ1) is 6.65. The average Bonchev–Trinajstić information content (AvgIpc) is 2.18. The van der Waals surface area contributed by atoms with Crippen molar-refractivity contribution >= 4 is 11.7 Å². The first-order valence-corrected chi connectivity index (χ1v) is 4.48. The summed E-state index contributed by atoms with van der Waals surface area (Å²) in [5.74, 6) is -0.226. The average molecular weight is 193 g/mol. The summed E-state index contributed by atoms with van der Waals surface area (Å²) < 4.78 is 4.60. The molecule has 0 aliphatic heterocycles. The maximum atomic E-state index is 11.0. The van der Waals surface area contributed by atoms with Crippen LogP contribution in [0.4, 0.5) is 5.69 Å². The minimum absolute atomic E-state index is 0.226. The molecule has 0 atom stereocenters. The van der Waals surface area contributed by atoms with Gasteiger partial charge in [-0.1, -0.05) is 18.2 Å². The second-order valence-electron chi connectivity index (χ2n) is 3.22. The molecule has 1 aromatic rings. The van der Waals surface area contributed by atoms with Crippen molar-refractivity contribution in [3.63, 3.8) is 0 Å². The predicted octanol–water partition coefficient (Wildman–Crippen LogP) is 1.60. The van der Waals surface area contributed by atoms with E-state index in [4.69, 9.17) is 0 Å². The SMILES string of the molecule is COC(=O)CN(C)c1ccccc1C. The van der Waals surface area contributed by atoms with Crippen LogP contribution in [0.2, 0.25) is 0 Å². The van der Waals surface area contributed by atoms with E-state index in [-0.39, 0.29) is 12.5 Å². The molecular weight excluding hydrogens is 178 g/mol. The van der Waals surface area contributed by atoms with Gasteiger partial charge in [0.25, 0.3) is 0 Å². The van der Waals surface area contributed by atoms with Crippen LogP contribution >= 0.6 is 0 Å². The van der Waals surface area contributed by atoms with Crippen LogP contribution in [0.1, 0.15) is 5.56 Å². The van der Waals surface area contributed by atoms with Crippen LogP contribution in [-0.2, 0) is 9.53 Å². The van der Waals surface area contributed by atoms with Gasteiger partial charge in [-0.3, -0.25) is 4.79 Å². The van der Waals surface area contributed by atoms with Crippen molar-refractivity contribution in [2.75, 3.05) is 25.6 Å². The monoisotopic (exact) mass is 193 g/mol. The first-order valence-electron chi connectivity index (χ1n) is 4.48. The zero-order valence-corrected chi connectivity index (χ0v) is 8.78. The van der Waals surface area contributed by atoms with Gasteiger partial charge < -0.3 is 9.64 Å². The van der Waals surface area contributed by atoms with Gasteiger partial charge in [-0.2, -0.15) is 0 Å². The van der Waals surface area contributed by atoms with Crippen molar-refractivity contribution in [1.29, 1.82) is 0 Å². The number of rotatable bonds is 3. The third-order valence-electron chi connectivity index (χ3n) is 2.12. The number of methoxy groups -OCH3 is 1. The molecule has 0 fully saturated rings. The first kappa shape index (κ1) is 10.6. The number of anilines is 1. The molecule has 0 saturated carbocycles. The maximum absolute atomic E-state index is 11.0. The largest absolute Gasteiger partial charge is 0.468 e. The number of likely N-dealkylation sites (N-methyl/N-ethyl adjacent to an activating group) is 1. The summed E-state index contributed by atoms with van der Waals surface area (Å²) in [6.45, 7) is 2.30. The van der Waals surface area contributed by atoms with E-state index in [1.54, 1.807) is 0 Å². The van der Waals surface area contributed by atoms with Crippen molar-refractivity contribution in [3.05, 3.63) is 29.8 Å². The highest BCUT2D eigenvalue weighted by molar-refractivity contribution is 5.75. The molecule has 0 radical (unpaired) electrons. The van der Waals surface area contributed by atoms with Gasteiger partial charge in [0.1, 0.15) is 6.54 Å². The van der Waals surface area contributed by atoms with Crippen molar-refractivity contribution in [1.82, 2.24) is 0 Å². The lowest BCUT2D eigenvalue weighted by Crippen LogP contribution is -2.26. The fourth-order valence-corrected chi connectivity index (χ4v) is 1.34. The molecule has 0 heterocycles. The molecule has 14 heavy (non-hydrogen) atoms. The second-order valence-corrected chi connectivity index (χ2v) is 3.22. The summed E-state index contributed by atoms with van der Waals surface area (Å²) in [5.41, 5.74) is 2.21. The summed E-state index contributed by atoms with van der Waals surface area (Å²) in [6.07, 6.45) is 0. The lowest BCUT2D eigenvalue weighted by molar-refractivity contribution is -0.138. The van der Waals surface area contributed by atoms with Crippen molar-refractivity contribution in [3.8, 4) is 0 Å². The Bertz CT molecular complexity index is 323. The lowest BCUT2D eigenvalue weighted by Gasteiger charge is -2.19. The highest BCUT2D eigenvalue weighted by Gasteiger charge is 2.08. The summed E-state index contributed by atoms with van der Waals surface area (Å²) >= 11 is 0. The van der Waals surface area contributed by atoms with E-state index in [0.717, 1.165) is 11.3 Å². The fourth-order valence-electron chi connectivity index (χ4n) is 1.34. The number of ether oxygens (including phenoxy) is 1. The van der Waals surface area contributed by atoms with E-state index in [2.05, 4.69) is 4.74 Å². The minimum atomic E-state index is -0.226. The third-order valence-corrected chi connectivity index (χ3v) is 2.12. The highest BCUT2D eigenvalue weighted by Crippen LogP contribution is 2.17. The molecule has 0 saturated heterocycles. The fraction of sp³-hybridized carbons (Fsp3) is 0.364. The zero-order valence-electron chi connectivity index (χ0n) is 8.78. The number of para-hydroxylation sites is 1. The third kappa shape index (κ3) is 2.49. The standard InChI is InChI=1S/C11H15NO2/c1-9-6-4-5-7-10(9)12(2)8-11(13)14-3/h4-7H,8H2,1-3H3. The number of hydrogen-bond acceptors (Lipinski definition) is 3. The molecule has 0 aromatic heterocycles.